The first-order valence-corrected chi connectivity index (χ1v) is 6.72. The average molecular weight is 292 g/mol. The standard InChI is InChI=1S/C16H18ClNO2/c1-18-10-13-8-11(5-7-15(13)19-2)12-4-6-14(17)16(9-12)20-3/h4-9,18H,10H2,1-3H3. The Morgan fingerprint density at radius 3 is 2.25 bits per heavy atom. The fourth-order valence-electron chi connectivity index (χ4n) is 2.13. The van der Waals surface area contributed by atoms with Crippen LogP contribution in [0.2, 0.25) is 5.02 Å². The summed E-state index contributed by atoms with van der Waals surface area (Å²) < 4.78 is 10.6. The number of hydrogen-bond donors (Lipinski definition) is 1. The number of halogens is 1. The quantitative estimate of drug-likeness (QED) is 0.910. The molecule has 0 saturated heterocycles. The first-order valence-electron chi connectivity index (χ1n) is 6.35. The Balaban J connectivity index is 2.44. The van der Waals surface area contributed by atoms with Crippen LogP contribution in [-0.4, -0.2) is 21.3 Å². The van der Waals surface area contributed by atoms with Crippen LogP contribution in [-0.2, 0) is 6.54 Å². The van der Waals surface area contributed by atoms with Gasteiger partial charge in [0, 0.05) is 12.1 Å². The third-order valence-corrected chi connectivity index (χ3v) is 3.44. The van der Waals surface area contributed by atoms with Crippen molar-refractivity contribution >= 4 is 11.6 Å². The molecule has 1 N–H and O–H groups in total. The van der Waals surface area contributed by atoms with Gasteiger partial charge in [-0.2, -0.15) is 0 Å². The molecule has 20 heavy (non-hydrogen) atoms. The Kier molecular flexibility index (Phi) is 4.88. The van der Waals surface area contributed by atoms with Crippen molar-refractivity contribution in [3.63, 3.8) is 0 Å². The van der Waals surface area contributed by atoms with Crippen molar-refractivity contribution in [1.29, 1.82) is 0 Å². The molecule has 0 aromatic heterocycles. The van der Waals surface area contributed by atoms with Gasteiger partial charge in [0.25, 0.3) is 0 Å². The third-order valence-electron chi connectivity index (χ3n) is 3.13. The maximum atomic E-state index is 6.06. The van der Waals surface area contributed by atoms with Gasteiger partial charge >= 0.3 is 0 Å². The van der Waals surface area contributed by atoms with Crippen LogP contribution in [0, 0.1) is 0 Å². The second-order valence-corrected chi connectivity index (χ2v) is 4.81. The summed E-state index contributed by atoms with van der Waals surface area (Å²) in [4.78, 5) is 0. The van der Waals surface area contributed by atoms with Crippen LogP contribution in [0.5, 0.6) is 11.5 Å². The maximum absolute atomic E-state index is 6.06. The average Bonchev–Trinajstić information content (AvgIpc) is 2.48. The molecule has 0 spiro atoms. The van der Waals surface area contributed by atoms with E-state index in [9.17, 15) is 0 Å². The van der Waals surface area contributed by atoms with Gasteiger partial charge in [-0.25, -0.2) is 0 Å². The summed E-state index contributed by atoms with van der Waals surface area (Å²) in [5.41, 5.74) is 3.28. The predicted molar refractivity (Wildman–Crippen MR) is 82.8 cm³/mol. The smallest absolute Gasteiger partial charge is 0.138 e. The molecule has 0 heterocycles. The Morgan fingerprint density at radius 2 is 1.60 bits per heavy atom. The normalized spacial score (nSPS) is 10.4. The Bertz CT molecular complexity index is 599. The highest BCUT2D eigenvalue weighted by Crippen LogP contribution is 2.32. The summed E-state index contributed by atoms with van der Waals surface area (Å²) in [7, 11) is 5.21. The zero-order chi connectivity index (χ0) is 14.5. The minimum atomic E-state index is 0.611. The molecule has 0 unspecified atom stereocenters. The van der Waals surface area contributed by atoms with E-state index < -0.39 is 0 Å². The lowest BCUT2D eigenvalue weighted by Gasteiger charge is -2.12. The summed E-state index contributed by atoms with van der Waals surface area (Å²) in [6, 6.07) is 11.9. The fraction of sp³-hybridized carbons (Fsp3) is 0.250. The number of benzene rings is 2. The summed E-state index contributed by atoms with van der Waals surface area (Å²) in [6.45, 7) is 0.752. The van der Waals surface area contributed by atoms with E-state index >= 15 is 0 Å². The summed E-state index contributed by atoms with van der Waals surface area (Å²) in [6.07, 6.45) is 0. The summed E-state index contributed by atoms with van der Waals surface area (Å²) in [5, 5.41) is 3.75. The molecule has 0 radical (unpaired) electrons. The summed E-state index contributed by atoms with van der Waals surface area (Å²) in [5.74, 6) is 1.55. The minimum Gasteiger partial charge on any atom is -0.496 e. The van der Waals surface area contributed by atoms with Crippen LogP contribution in [0.4, 0.5) is 0 Å². The third kappa shape index (κ3) is 3.06. The highest BCUT2D eigenvalue weighted by molar-refractivity contribution is 6.32. The van der Waals surface area contributed by atoms with E-state index in [1.165, 1.54) is 0 Å². The van der Waals surface area contributed by atoms with Gasteiger partial charge in [-0.05, 0) is 42.4 Å². The monoisotopic (exact) mass is 291 g/mol. The minimum absolute atomic E-state index is 0.611. The van der Waals surface area contributed by atoms with E-state index in [1.807, 2.05) is 37.4 Å². The molecule has 0 bridgehead atoms. The molecule has 2 aromatic rings. The van der Waals surface area contributed by atoms with E-state index in [0.29, 0.717) is 10.8 Å². The van der Waals surface area contributed by atoms with Crippen LogP contribution >= 0.6 is 11.6 Å². The largest absolute Gasteiger partial charge is 0.496 e. The molecule has 2 aromatic carbocycles. The van der Waals surface area contributed by atoms with Gasteiger partial charge in [-0.15, -0.1) is 0 Å². The molecule has 0 aliphatic heterocycles. The van der Waals surface area contributed by atoms with Gasteiger partial charge in [0.15, 0.2) is 0 Å². The van der Waals surface area contributed by atoms with Gasteiger partial charge in [-0.1, -0.05) is 23.7 Å². The number of hydrogen-bond acceptors (Lipinski definition) is 3. The van der Waals surface area contributed by atoms with E-state index in [-0.39, 0.29) is 0 Å². The molecule has 0 atom stereocenters. The van der Waals surface area contributed by atoms with Crippen LogP contribution < -0.4 is 14.8 Å². The highest BCUT2D eigenvalue weighted by atomic mass is 35.5. The topological polar surface area (TPSA) is 30.5 Å². The predicted octanol–water partition coefficient (Wildman–Crippen LogP) is 3.74. The Hall–Kier alpha value is -1.71. The maximum Gasteiger partial charge on any atom is 0.138 e. The van der Waals surface area contributed by atoms with E-state index in [0.717, 1.165) is 29.0 Å². The van der Waals surface area contributed by atoms with Crippen molar-refractivity contribution in [1.82, 2.24) is 5.32 Å². The zero-order valence-corrected chi connectivity index (χ0v) is 12.6. The Labute approximate surface area is 124 Å². The lowest BCUT2D eigenvalue weighted by atomic mass is 10.0. The van der Waals surface area contributed by atoms with Gasteiger partial charge in [0.2, 0.25) is 0 Å². The van der Waals surface area contributed by atoms with Crippen LogP contribution in [0.1, 0.15) is 5.56 Å². The number of methoxy groups -OCH3 is 2. The van der Waals surface area contributed by atoms with Gasteiger partial charge in [-0.3, -0.25) is 0 Å². The van der Waals surface area contributed by atoms with Crippen molar-refractivity contribution in [2.45, 2.75) is 6.54 Å². The lowest BCUT2D eigenvalue weighted by Crippen LogP contribution is -2.06. The molecule has 4 heteroatoms. The molecule has 0 amide bonds. The first kappa shape index (κ1) is 14.7. The second-order valence-electron chi connectivity index (χ2n) is 4.41. The van der Waals surface area contributed by atoms with Gasteiger partial charge < -0.3 is 14.8 Å². The van der Waals surface area contributed by atoms with Gasteiger partial charge in [0.05, 0.1) is 19.2 Å². The molecule has 2 rings (SSSR count). The van der Waals surface area contributed by atoms with Crippen LogP contribution in [0.15, 0.2) is 36.4 Å². The molecule has 0 fully saturated rings. The number of nitrogens with one attached hydrogen (secondary N) is 1. The highest BCUT2D eigenvalue weighted by Gasteiger charge is 2.08. The molecule has 0 saturated carbocycles. The second kappa shape index (κ2) is 6.64. The van der Waals surface area contributed by atoms with Crippen molar-refractivity contribution in [3.8, 4) is 22.6 Å². The van der Waals surface area contributed by atoms with Gasteiger partial charge in [0.1, 0.15) is 11.5 Å². The fourth-order valence-corrected chi connectivity index (χ4v) is 2.32. The summed E-state index contributed by atoms with van der Waals surface area (Å²) >= 11 is 6.06. The van der Waals surface area contributed by atoms with E-state index in [2.05, 4.69) is 11.4 Å². The van der Waals surface area contributed by atoms with Crippen molar-refractivity contribution in [2.24, 2.45) is 0 Å². The van der Waals surface area contributed by atoms with Crippen molar-refractivity contribution in [3.05, 3.63) is 47.0 Å². The molecule has 0 aliphatic rings. The SMILES string of the molecule is CNCc1cc(-c2ccc(Cl)c(OC)c2)ccc1OC. The van der Waals surface area contributed by atoms with Crippen LogP contribution in [0.25, 0.3) is 11.1 Å². The number of rotatable bonds is 5. The van der Waals surface area contributed by atoms with Crippen molar-refractivity contribution in [2.75, 3.05) is 21.3 Å². The molecular weight excluding hydrogens is 274 g/mol. The Morgan fingerprint density at radius 1 is 0.950 bits per heavy atom. The zero-order valence-electron chi connectivity index (χ0n) is 11.9. The van der Waals surface area contributed by atoms with Crippen LogP contribution in [0.3, 0.4) is 0 Å². The van der Waals surface area contributed by atoms with Crippen molar-refractivity contribution < 1.29 is 9.47 Å². The number of ether oxygens (including phenoxy) is 2. The molecule has 3 nitrogen and oxygen atoms in total. The lowest BCUT2D eigenvalue weighted by molar-refractivity contribution is 0.408. The first-order chi connectivity index (χ1) is 9.69. The molecular formula is C16H18ClNO2. The molecule has 106 valence electrons. The van der Waals surface area contributed by atoms with E-state index in [4.69, 9.17) is 21.1 Å². The van der Waals surface area contributed by atoms with E-state index in [1.54, 1.807) is 14.2 Å². The molecule has 0 aliphatic carbocycles.